The van der Waals surface area contributed by atoms with E-state index in [0.717, 1.165) is 34.2 Å². The number of carbonyl (C=O) groups excluding carboxylic acids is 1. The fourth-order valence-electron chi connectivity index (χ4n) is 2.54. The number of nitrogens with zero attached hydrogens (tertiary/aromatic N) is 2. The average molecular weight is 373 g/mol. The number of benzene rings is 1. The summed E-state index contributed by atoms with van der Waals surface area (Å²) in [4.78, 5) is 21.6. The lowest BCUT2D eigenvalue weighted by Crippen LogP contribution is -3.05. The maximum Gasteiger partial charge on any atom is 0.270 e. The third-order valence-corrected chi connectivity index (χ3v) is 5.55. The molecule has 4 nitrogen and oxygen atoms in total. The molecule has 1 aromatic carbocycles. The van der Waals surface area contributed by atoms with Crippen molar-refractivity contribution >= 4 is 33.7 Å². The number of carbonyl (C=O) groups is 1. The molecule has 0 radical (unpaired) electrons. The highest BCUT2D eigenvalue weighted by atomic mass is 32.1. The molecule has 0 aliphatic heterocycles. The second kappa shape index (κ2) is 8.38. The summed E-state index contributed by atoms with van der Waals surface area (Å²) in [5.41, 5.74) is 1.99. The van der Waals surface area contributed by atoms with Crippen molar-refractivity contribution in [2.45, 2.75) is 6.42 Å². The minimum Gasteiger partial charge on any atom is -0.340 e. The number of hydrogen-bond acceptors (Lipinski definition) is 4. The molecule has 0 unspecified atom stereocenters. The van der Waals surface area contributed by atoms with E-state index in [1.807, 2.05) is 58.1 Å². The normalized spacial score (nSPS) is 11.0. The zero-order chi connectivity index (χ0) is 17.6. The van der Waals surface area contributed by atoms with Gasteiger partial charge in [-0.3, -0.25) is 9.69 Å². The second-order valence-corrected chi connectivity index (χ2v) is 7.91. The summed E-state index contributed by atoms with van der Waals surface area (Å²) in [6.07, 6.45) is 0.944. The predicted molar refractivity (Wildman–Crippen MR) is 106 cm³/mol. The Balaban J connectivity index is 1.83. The van der Waals surface area contributed by atoms with Crippen LogP contribution in [0.5, 0.6) is 0 Å². The molecule has 3 aromatic rings. The molecule has 0 fully saturated rings. The molecular weight excluding hydrogens is 350 g/mol. The third kappa shape index (κ3) is 4.54. The van der Waals surface area contributed by atoms with Gasteiger partial charge in [-0.05, 0) is 11.4 Å². The summed E-state index contributed by atoms with van der Waals surface area (Å²) < 4.78 is 0. The van der Waals surface area contributed by atoms with Gasteiger partial charge in [0.25, 0.3) is 5.91 Å². The predicted octanol–water partition coefficient (Wildman–Crippen LogP) is 3.05. The van der Waals surface area contributed by atoms with E-state index in [0.29, 0.717) is 6.54 Å². The fraction of sp³-hybridized carbons (Fsp3) is 0.263. The smallest absolute Gasteiger partial charge is 0.270 e. The number of quaternary nitrogens is 1. The number of thiophene rings is 1. The summed E-state index contributed by atoms with van der Waals surface area (Å²) in [7, 11) is 4.25. The maximum atomic E-state index is 12.9. The van der Waals surface area contributed by atoms with E-state index < -0.39 is 0 Å². The van der Waals surface area contributed by atoms with Gasteiger partial charge in [0.05, 0.1) is 31.2 Å². The van der Waals surface area contributed by atoms with E-state index in [1.54, 1.807) is 0 Å². The fourth-order valence-corrected chi connectivity index (χ4v) is 4.07. The maximum absolute atomic E-state index is 12.9. The lowest BCUT2D eigenvalue weighted by Gasteiger charge is -2.19. The summed E-state index contributed by atoms with van der Waals surface area (Å²) in [6.45, 7) is 1.70. The van der Waals surface area contributed by atoms with Crippen molar-refractivity contribution in [1.29, 1.82) is 0 Å². The van der Waals surface area contributed by atoms with Crippen molar-refractivity contribution in [3.63, 3.8) is 0 Å². The summed E-state index contributed by atoms with van der Waals surface area (Å²) in [6, 6.07) is 13.9. The molecule has 1 N–H and O–H groups in total. The standard InChI is InChI=1S/C19H21N3OS2/c1-21(2)11-7-12-22(18(23)17-10-6-13-24-17)19-20-16(14-25-19)15-8-4-3-5-9-15/h3-6,8-10,13-14H,7,11-12H2,1-2H3/p+1. The first-order valence-corrected chi connectivity index (χ1v) is 10.1. The number of aromatic nitrogens is 1. The van der Waals surface area contributed by atoms with Crippen LogP contribution in [0.4, 0.5) is 5.13 Å². The van der Waals surface area contributed by atoms with Crippen LogP contribution in [0.3, 0.4) is 0 Å². The molecule has 2 heterocycles. The zero-order valence-electron chi connectivity index (χ0n) is 14.4. The minimum atomic E-state index is 0.0396. The summed E-state index contributed by atoms with van der Waals surface area (Å²) >= 11 is 3.01. The molecular formula is C19H22N3OS2+. The lowest BCUT2D eigenvalue weighted by atomic mass is 10.2. The largest absolute Gasteiger partial charge is 0.340 e. The van der Waals surface area contributed by atoms with Crippen LogP contribution in [0.15, 0.2) is 53.2 Å². The Labute approximate surface area is 156 Å². The van der Waals surface area contributed by atoms with Crippen LogP contribution in [0.25, 0.3) is 11.3 Å². The van der Waals surface area contributed by atoms with Crippen molar-refractivity contribution in [2.75, 3.05) is 32.1 Å². The zero-order valence-corrected chi connectivity index (χ0v) is 16.1. The molecule has 0 aliphatic carbocycles. The Kier molecular flexibility index (Phi) is 5.96. The molecule has 0 aliphatic rings. The Hall–Kier alpha value is -2.02. The van der Waals surface area contributed by atoms with Crippen molar-refractivity contribution in [3.05, 3.63) is 58.1 Å². The van der Waals surface area contributed by atoms with Gasteiger partial charge in [0.1, 0.15) is 0 Å². The Morgan fingerprint density at radius 3 is 2.60 bits per heavy atom. The molecule has 0 bridgehead atoms. The van der Waals surface area contributed by atoms with Crippen LogP contribution in [-0.2, 0) is 0 Å². The Morgan fingerprint density at radius 1 is 1.12 bits per heavy atom. The quantitative estimate of drug-likeness (QED) is 0.692. The van der Waals surface area contributed by atoms with Gasteiger partial charge in [0, 0.05) is 23.9 Å². The van der Waals surface area contributed by atoms with Gasteiger partial charge in [0.15, 0.2) is 5.13 Å². The number of amides is 1. The van der Waals surface area contributed by atoms with Gasteiger partial charge in [0.2, 0.25) is 0 Å². The van der Waals surface area contributed by atoms with Crippen LogP contribution < -0.4 is 9.80 Å². The first-order chi connectivity index (χ1) is 12.1. The van der Waals surface area contributed by atoms with Crippen molar-refractivity contribution in [2.24, 2.45) is 0 Å². The molecule has 0 spiro atoms. The highest BCUT2D eigenvalue weighted by molar-refractivity contribution is 7.14. The van der Waals surface area contributed by atoms with Gasteiger partial charge in [-0.15, -0.1) is 22.7 Å². The SMILES string of the molecule is C[NH+](C)CCCN(C(=O)c1cccs1)c1nc(-c2ccccc2)cs1. The number of hydrogen-bond donors (Lipinski definition) is 1. The lowest BCUT2D eigenvalue weighted by molar-refractivity contribution is -0.858. The van der Waals surface area contributed by atoms with E-state index in [9.17, 15) is 4.79 Å². The van der Waals surface area contributed by atoms with E-state index >= 15 is 0 Å². The van der Waals surface area contributed by atoms with E-state index in [1.165, 1.54) is 27.6 Å². The third-order valence-electron chi connectivity index (χ3n) is 3.83. The number of nitrogens with one attached hydrogen (secondary N) is 1. The van der Waals surface area contributed by atoms with Crippen molar-refractivity contribution in [1.82, 2.24) is 4.98 Å². The minimum absolute atomic E-state index is 0.0396. The van der Waals surface area contributed by atoms with E-state index in [2.05, 4.69) is 14.1 Å². The van der Waals surface area contributed by atoms with E-state index in [-0.39, 0.29) is 5.91 Å². The molecule has 25 heavy (non-hydrogen) atoms. The molecule has 0 atom stereocenters. The molecule has 0 saturated heterocycles. The van der Waals surface area contributed by atoms with Crippen LogP contribution in [0.2, 0.25) is 0 Å². The molecule has 3 rings (SSSR count). The van der Waals surface area contributed by atoms with Crippen LogP contribution in [0, 0.1) is 0 Å². The van der Waals surface area contributed by atoms with Crippen molar-refractivity contribution < 1.29 is 9.69 Å². The highest BCUT2D eigenvalue weighted by Crippen LogP contribution is 2.29. The Bertz CT molecular complexity index is 797. The summed E-state index contributed by atoms with van der Waals surface area (Å²) in [5, 5.41) is 4.73. The number of rotatable bonds is 7. The molecule has 1 amide bonds. The van der Waals surface area contributed by atoms with Gasteiger partial charge in [-0.1, -0.05) is 36.4 Å². The first-order valence-electron chi connectivity index (χ1n) is 8.30. The van der Waals surface area contributed by atoms with Gasteiger partial charge < -0.3 is 4.90 Å². The molecule has 6 heteroatoms. The van der Waals surface area contributed by atoms with Crippen LogP contribution >= 0.6 is 22.7 Å². The average Bonchev–Trinajstić information content (AvgIpc) is 3.30. The molecule has 0 saturated carbocycles. The highest BCUT2D eigenvalue weighted by Gasteiger charge is 2.21. The van der Waals surface area contributed by atoms with Crippen LogP contribution in [0.1, 0.15) is 16.1 Å². The second-order valence-electron chi connectivity index (χ2n) is 6.13. The van der Waals surface area contributed by atoms with Crippen molar-refractivity contribution in [3.8, 4) is 11.3 Å². The molecule has 130 valence electrons. The van der Waals surface area contributed by atoms with Gasteiger partial charge in [-0.25, -0.2) is 4.98 Å². The number of anilines is 1. The monoisotopic (exact) mass is 372 g/mol. The topological polar surface area (TPSA) is 37.6 Å². The Morgan fingerprint density at radius 2 is 1.92 bits per heavy atom. The first kappa shape index (κ1) is 17.8. The van der Waals surface area contributed by atoms with Crippen LogP contribution in [-0.4, -0.2) is 38.1 Å². The summed E-state index contributed by atoms with van der Waals surface area (Å²) in [5.74, 6) is 0.0396. The van der Waals surface area contributed by atoms with Gasteiger partial charge >= 0.3 is 0 Å². The van der Waals surface area contributed by atoms with E-state index in [4.69, 9.17) is 4.98 Å². The van der Waals surface area contributed by atoms with Gasteiger partial charge in [-0.2, -0.15) is 0 Å². The molecule has 2 aromatic heterocycles. The number of thiazole rings is 1.